The maximum absolute atomic E-state index is 12.8. The Bertz CT molecular complexity index is 731. The van der Waals surface area contributed by atoms with Crippen molar-refractivity contribution < 1.29 is 9.13 Å². The van der Waals surface area contributed by atoms with Gasteiger partial charge in [-0.3, -0.25) is 0 Å². The van der Waals surface area contributed by atoms with E-state index in [1.807, 2.05) is 24.3 Å². The van der Waals surface area contributed by atoms with Gasteiger partial charge in [-0.15, -0.1) is 0 Å². The molecule has 3 aromatic rings. The Kier molecular flexibility index (Phi) is 3.01. The van der Waals surface area contributed by atoms with Crippen molar-refractivity contribution in [3.63, 3.8) is 0 Å². The van der Waals surface area contributed by atoms with Crippen molar-refractivity contribution in [2.24, 2.45) is 0 Å². The van der Waals surface area contributed by atoms with Crippen molar-refractivity contribution in [2.75, 3.05) is 0 Å². The molecule has 0 fully saturated rings. The van der Waals surface area contributed by atoms with Crippen LogP contribution in [0, 0.1) is 5.82 Å². The van der Waals surface area contributed by atoms with Gasteiger partial charge in [-0.25, -0.2) is 14.4 Å². The molecule has 0 spiro atoms. The predicted octanol–water partition coefficient (Wildman–Crippen LogP) is 4.21. The van der Waals surface area contributed by atoms with E-state index in [1.54, 1.807) is 0 Å². The first-order valence-corrected chi connectivity index (χ1v) is 5.96. The number of fused-ring (bicyclic) bond motifs is 1. The number of rotatable bonds is 2. The van der Waals surface area contributed by atoms with Crippen LogP contribution < -0.4 is 4.74 Å². The van der Waals surface area contributed by atoms with Crippen molar-refractivity contribution >= 4 is 22.6 Å². The summed E-state index contributed by atoms with van der Waals surface area (Å²) in [6, 6.07) is 13.0. The Labute approximate surface area is 113 Å². The molecule has 0 atom stereocenters. The van der Waals surface area contributed by atoms with E-state index in [1.165, 1.54) is 24.3 Å². The van der Waals surface area contributed by atoms with Crippen LogP contribution in [0.3, 0.4) is 0 Å². The minimum absolute atomic E-state index is 0.169. The number of benzene rings is 2. The third kappa shape index (κ3) is 2.48. The second kappa shape index (κ2) is 4.82. The van der Waals surface area contributed by atoms with Crippen molar-refractivity contribution in [3.05, 3.63) is 59.5 Å². The van der Waals surface area contributed by atoms with Crippen molar-refractivity contribution in [2.45, 2.75) is 0 Å². The normalized spacial score (nSPS) is 10.6. The van der Waals surface area contributed by atoms with Crippen molar-refractivity contribution in [1.82, 2.24) is 9.97 Å². The summed E-state index contributed by atoms with van der Waals surface area (Å²) in [7, 11) is 0. The molecule has 0 saturated heterocycles. The molecule has 0 unspecified atom stereocenters. The van der Waals surface area contributed by atoms with Crippen LogP contribution in [-0.2, 0) is 0 Å². The zero-order chi connectivity index (χ0) is 13.2. The largest absolute Gasteiger partial charge is 0.436 e. The van der Waals surface area contributed by atoms with E-state index in [2.05, 4.69) is 9.97 Å². The number of halogens is 2. The quantitative estimate of drug-likeness (QED) is 0.702. The van der Waals surface area contributed by atoms with Crippen LogP contribution in [0.5, 0.6) is 11.6 Å². The molecule has 0 amide bonds. The standard InChI is InChI=1S/C14H8ClFN2O/c15-13-14(19-10-7-5-9(16)6-8-10)18-12-4-2-1-3-11(12)17-13/h1-8H. The van der Waals surface area contributed by atoms with Gasteiger partial charge in [-0.1, -0.05) is 23.7 Å². The van der Waals surface area contributed by atoms with E-state index in [-0.39, 0.29) is 16.9 Å². The summed E-state index contributed by atoms with van der Waals surface area (Å²) in [4.78, 5) is 8.48. The Hall–Kier alpha value is -2.20. The highest BCUT2D eigenvalue weighted by atomic mass is 35.5. The summed E-state index contributed by atoms with van der Waals surface area (Å²) in [5, 5.41) is 0.169. The molecule has 1 aromatic heterocycles. The van der Waals surface area contributed by atoms with Crippen LogP contribution >= 0.6 is 11.6 Å². The van der Waals surface area contributed by atoms with Gasteiger partial charge in [0.25, 0.3) is 5.88 Å². The summed E-state index contributed by atoms with van der Waals surface area (Å²) >= 11 is 6.01. The number of para-hydroxylation sites is 2. The van der Waals surface area contributed by atoms with Crippen LogP contribution in [0.15, 0.2) is 48.5 Å². The first-order valence-electron chi connectivity index (χ1n) is 5.58. The molecule has 94 valence electrons. The molecule has 1 heterocycles. The Morgan fingerprint density at radius 2 is 1.53 bits per heavy atom. The second-order valence-electron chi connectivity index (χ2n) is 3.86. The number of hydrogen-bond donors (Lipinski definition) is 0. The molecule has 0 aliphatic carbocycles. The molecule has 2 aromatic carbocycles. The fourth-order valence-corrected chi connectivity index (χ4v) is 1.81. The Morgan fingerprint density at radius 3 is 2.21 bits per heavy atom. The van der Waals surface area contributed by atoms with E-state index in [9.17, 15) is 4.39 Å². The SMILES string of the molecule is Fc1ccc(Oc2nc3ccccc3nc2Cl)cc1. The van der Waals surface area contributed by atoms with Gasteiger partial charge in [0.15, 0.2) is 5.15 Å². The van der Waals surface area contributed by atoms with Crippen LogP contribution in [0.1, 0.15) is 0 Å². The fourth-order valence-electron chi connectivity index (χ4n) is 1.64. The highest BCUT2D eigenvalue weighted by Crippen LogP contribution is 2.27. The molecule has 5 heteroatoms. The summed E-state index contributed by atoms with van der Waals surface area (Å²) in [6.07, 6.45) is 0. The molecule has 0 bridgehead atoms. The monoisotopic (exact) mass is 274 g/mol. The van der Waals surface area contributed by atoms with Crippen molar-refractivity contribution in [1.29, 1.82) is 0 Å². The van der Waals surface area contributed by atoms with Crippen LogP contribution in [-0.4, -0.2) is 9.97 Å². The molecule has 19 heavy (non-hydrogen) atoms. The minimum Gasteiger partial charge on any atom is -0.436 e. The Balaban J connectivity index is 2.00. The van der Waals surface area contributed by atoms with Gasteiger partial charge in [-0.2, -0.15) is 0 Å². The molecule has 0 radical (unpaired) electrons. The summed E-state index contributed by atoms with van der Waals surface area (Å²) < 4.78 is 18.3. The number of aromatic nitrogens is 2. The highest BCUT2D eigenvalue weighted by molar-refractivity contribution is 6.31. The first kappa shape index (κ1) is 11.9. The van der Waals surface area contributed by atoms with Crippen LogP contribution in [0.2, 0.25) is 5.15 Å². The van der Waals surface area contributed by atoms with Crippen LogP contribution in [0.4, 0.5) is 4.39 Å². The molecule has 3 nitrogen and oxygen atoms in total. The third-order valence-corrected chi connectivity index (χ3v) is 2.77. The smallest absolute Gasteiger partial charge is 0.258 e. The maximum Gasteiger partial charge on any atom is 0.258 e. The van der Waals surface area contributed by atoms with Crippen LogP contribution in [0.25, 0.3) is 11.0 Å². The maximum atomic E-state index is 12.8. The van der Waals surface area contributed by atoms with Gasteiger partial charge in [0, 0.05) is 0 Å². The van der Waals surface area contributed by atoms with E-state index >= 15 is 0 Å². The summed E-state index contributed by atoms with van der Waals surface area (Å²) in [6.45, 7) is 0. The topological polar surface area (TPSA) is 35.0 Å². The zero-order valence-corrected chi connectivity index (χ0v) is 10.4. The average Bonchev–Trinajstić information content (AvgIpc) is 2.42. The lowest BCUT2D eigenvalue weighted by molar-refractivity contribution is 0.461. The van der Waals surface area contributed by atoms with Gasteiger partial charge in [0.1, 0.15) is 11.6 Å². The molecule has 0 saturated carbocycles. The second-order valence-corrected chi connectivity index (χ2v) is 4.22. The average molecular weight is 275 g/mol. The van der Waals surface area contributed by atoms with Gasteiger partial charge in [-0.05, 0) is 36.4 Å². The lowest BCUT2D eigenvalue weighted by atomic mass is 10.3. The van der Waals surface area contributed by atoms with E-state index < -0.39 is 0 Å². The summed E-state index contributed by atoms with van der Waals surface area (Å²) in [5.74, 6) is 0.322. The lowest BCUT2D eigenvalue weighted by Crippen LogP contribution is -1.93. The first-order chi connectivity index (χ1) is 9.22. The highest BCUT2D eigenvalue weighted by Gasteiger charge is 2.09. The summed E-state index contributed by atoms with van der Waals surface area (Å²) in [5.41, 5.74) is 1.38. The molecule has 0 aliphatic rings. The number of ether oxygens (including phenoxy) is 1. The van der Waals surface area contributed by atoms with Gasteiger partial charge in [0.2, 0.25) is 0 Å². The molecule has 0 N–H and O–H groups in total. The van der Waals surface area contributed by atoms with E-state index in [0.717, 1.165) is 0 Å². The number of nitrogens with zero attached hydrogens (tertiary/aromatic N) is 2. The van der Waals surface area contributed by atoms with E-state index in [4.69, 9.17) is 16.3 Å². The fraction of sp³-hybridized carbons (Fsp3) is 0. The molecular weight excluding hydrogens is 267 g/mol. The number of hydrogen-bond acceptors (Lipinski definition) is 3. The molecule has 0 aliphatic heterocycles. The minimum atomic E-state index is -0.331. The van der Waals surface area contributed by atoms with Gasteiger partial charge >= 0.3 is 0 Å². The predicted molar refractivity (Wildman–Crippen MR) is 71.0 cm³/mol. The van der Waals surface area contributed by atoms with Gasteiger partial charge < -0.3 is 4.74 Å². The third-order valence-electron chi connectivity index (χ3n) is 2.53. The van der Waals surface area contributed by atoms with Crippen molar-refractivity contribution in [3.8, 4) is 11.6 Å². The lowest BCUT2D eigenvalue weighted by Gasteiger charge is -2.07. The van der Waals surface area contributed by atoms with Gasteiger partial charge in [0.05, 0.1) is 11.0 Å². The molecule has 3 rings (SSSR count). The Morgan fingerprint density at radius 1 is 0.895 bits per heavy atom. The molecular formula is C14H8ClFN2O. The van der Waals surface area contributed by atoms with E-state index in [0.29, 0.717) is 16.8 Å². The zero-order valence-electron chi connectivity index (χ0n) is 9.68.